The summed E-state index contributed by atoms with van der Waals surface area (Å²) >= 11 is 3.38. The van der Waals surface area contributed by atoms with Gasteiger partial charge in [-0.2, -0.15) is 0 Å². The molecule has 0 unspecified atom stereocenters. The van der Waals surface area contributed by atoms with E-state index in [1.807, 2.05) is 18.2 Å². The van der Waals surface area contributed by atoms with Crippen molar-refractivity contribution in [3.8, 4) is 5.75 Å². The van der Waals surface area contributed by atoms with E-state index in [1.54, 1.807) is 7.11 Å². The number of ether oxygens (including phenoxy) is 1. The number of halogens is 2. The molecule has 0 radical (unpaired) electrons. The summed E-state index contributed by atoms with van der Waals surface area (Å²) in [4.78, 5) is 0. The van der Waals surface area contributed by atoms with Gasteiger partial charge in [0, 0.05) is 12.6 Å². The summed E-state index contributed by atoms with van der Waals surface area (Å²) in [6.07, 6.45) is 0. The summed E-state index contributed by atoms with van der Waals surface area (Å²) in [5.41, 5.74) is 12.2. The largest absolute Gasteiger partial charge is 0.496 e. The number of methoxy groups -OCH3 is 1. The average Bonchev–Trinajstić information content (AvgIpc) is 2.16. The molecule has 1 aromatic rings. The topological polar surface area (TPSA) is 61.3 Å². The molecule has 0 fully saturated rings. The zero-order chi connectivity index (χ0) is 9.84. The summed E-state index contributed by atoms with van der Waals surface area (Å²) in [6.45, 7) is 0.443. The number of nitrogens with two attached hydrogens (primary N) is 2. The second-order valence-electron chi connectivity index (χ2n) is 2.74. The Morgan fingerprint density at radius 2 is 2.14 bits per heavy atom. The molecule has 4 N–H and O–H groups in total. The van der Waals surface area contributed by atoms with Crippen molar-refractivity contribution in [1.82, 2.24) is 0 Å². The first-order valence-corrected chi connectivity index (χ1v) is 4.77. The first-order chi connectivity index (χ1) is 6.19. The maximum Gasteiger partial charge on any atom is 0.133 e. The van der Waals surface area contributed by atoms with Gasteiger partial charge in [0.15, 0.2) is 0 Å². The lowest BCUT2D eigenvalue weighted by Gasteiger charge is -2.11. The predicted molar refractivity (Wildman–Crippen MR) is 63.9 cm³/mol. The van der Waals surface area contributed by atoms with Gasteiger partial charge in [0.05, 0.1) is 11.6 Å². The van der Waals surface area contributed by atoms with Gasteiger partial charge < -0.3 is 16.2 Å². The third kappa shape index (κ3) is 3.13. The van der Waals surface area contributed by atoms with Crippen LogP contribution in [0, 0.1) is 0 Å². The summed E-state index contributed by atoms with van der Waals surface area (Å²) in [7, 11) is 1.63. The molecule has 14 heavy (non-hydrogen) atoms. The number of rotatable bonds is 3. The Morgan fingerprint density at radius 1 is 1.50 bits per heavy atom. The first kappa shape index (κ1) is 13.7. The molecule has 0 bridgehead atoms. The van der Waals surface area contributed by atoms with Crippen molar-refractivity contribution >= 4 is 28.3 Å². The van der Waals surface area contributed by atoms with Crippen molar-refractivity contribution in [3.63, 3.8) is 0 Å². The Bertz CT molecular complexity index is 296. The maximum atomic E-state index is 5.77. The van der Waals surface area contributed by atoms with Crippen LogP contribution >= 0.6 is 28.3 Å². The maximum absolute atomic E-state index is 5.77. The summed E-state index contributed by atoms with van der Waals surface area (Å²) in [5.74, 6) is 0.799. The highest BCUT2D eigenvalue weighted by Gasteiger charge is 2.06. The number of benzene rings is 1. The van der Waals surface area contributed by atoms with Crippen molar-refractivity contribution in [3.05, 3.63) is 28.2 Å². The second-order valence-corrected chi connectivity index (χ2v) is 3.59. The van der Waals surface area contributed by atoms with Crippen LogP contribution < -0.4 is 16.2 Å². The normalized spacial score (nSPS) is 11.7. The van der Waals surface area contributed by atoms with E-state index >= 15 is 0 Å². The fourth-order valence-corrected chi connectivity index (χ4v) is 1.61. The van der Waals surface area contributed by atoms with E-state index in [2.05, 4.69) is 15.9 Å². The second kappa shape index (κ2) is 6.24. The van der Waals surface area contributed by atoms with Crippen LogP contribution in [0.25, 0.3) is 0 Å². The van der Waals surface area contributed by atoms with Gasteiger partial charge in [-0.25, -0.2) is 0 Å². The van der Waals surface area contributed by atoms with Gasteiger partial charge in [-0.05, 0) is 33.6 Å². The van der Waals surface area contributed by atoms with Crippen molar-refractivity contribution in [1.29, 1.82) is 0 Å². The third-order valence-corrected chi connectivity index (χ3v) is 2.48. The zero-order valence-corrected chi connectivity index (χ0v) is 10.3. The minimum atomic E-state index is -0.109. The minimum absolute atomic E-state index is 0. The van der Waals surface area contributed by atoms with Gasteiger partial charge >= 0.3 is 0 Å². The fourth-order valence-electron chi connectivity index (χ4n) is 1.05. The number of hydrogen-bond donors (Lipinski definition) is 2. The summed E-state index contributed by atoms with van der Waals surface area (Å²) < 4.78 is 5.99. The molecule has 0 saturated carbocycles. The predicted octanol–water partition coefficient (Wildman–Crippen LogP) is 1.84. The molecule has 5 heteroatoms. The van der Waals surface area contributed by atoms with Crippen molar-refractivity contribution < 1.29 is 4.74 Å². The number of hydrogen-bond acceptors (Lipinski definition) is 3. The van der Waals surface area contributed by atoms with E-state index in [0.29, 0.717) is 6.54 Å². The van der Waals surface area contributed by atoms with Crippen LogP contribution in [0.1, 0.15) is 11.6 Å². The fraction of sp³-hybridized carbons (Fsp3) is 0.333. The Balaban J connectivity index is 0.00000169. The van der Waals surface area contributed by atoms with Gasteiger partial charge in [-0.15, -0.1) is 12.4 Å². The first-order valence-electron chi connectivity index (χ1n) is 3.98. The van der Waals surface area contributed by atoms with E-state index in [4.69, 9.17) is 16.2 Å². The molecule has 0 amide bonds. The average molecular weight is 282 g/mol. The van der Waals surface area contributed by atoms with Crippen LogP contribution in [0.5, 0.6) is 5.75 Å². The Hall–Kier alpha value is -0.290. The Morgan fingerprint density at radius 3 is 2.57 bits per heavy atom. The molecule has 0 aliphatic rings. The molecule has 3 nitrogen and oxygen atoms in total. The molecule has 80 valence electrons. The van der Waals surface area contributed by atoms with Crippen LogP contribution in [0.4, 0.5) is 0 Å². The SMILES string of the molecule is COc1ccc([C@@H](N)CN)cc1Br.Cl. The summed E-state index contributed by atoms with van der Waals surface area (Å²) in [6, 6.07) is 5.61. The third-order valence-electron chi connectivity index (χ3n) is 1.86. The quantitative estimate of drug-likeness (QED) is 0.889. The van der Waals surface area contributed by atoms with Gasteiger partial charge in [-0.1, -0.05) is 6.07 Å². The van der Waals surface area contributed by atoms with Crippen molar-refractivity contribution in [2.75, 3.05) is 13.7 Å². The molecular weight excluding hydrogens is 267 g/mol. The minimum Gasteiger partial charge on any atom is -0.496 e. The molecule has 1 atom stereocenters. The lowest BCUT2D eigenvalue weighted by Crippen LogP contribution is -2.20. The van der Waals surface area contributed by atoms with Crippen LogP contribution in [0.15, 0.2) is 22.7 Å². The van der Waals surface area contributed by atoms with E-state index in [1.165, 1.54) is 0 Å². The van der Waals surface area contributed by atoms with Crippen LogP contribution in [0.2, 0.25) is 0 Å². The molecule has 1 aromatic carbocycles. The van der Waals surface area contributed by atoms with E-state index in [9.17, 15) is 0 Å². The molecule has 0 heterocycles. The van der Waals surface area contributed by atoms with E-state index in [0.717, 1.165) is 15.8 Å². The standard InChI is InChI=1S/C9H13BrN2O.ClH/c1-13-9-3-2-6(4-7(9)10)8(12)5-11;/h2-4,8H,5,11-12H2,1H3;1H/t8-;/m0./s1. The Kier molecular flexibility index (Phi) is 6.11. The van der Waals surface area contributed by atoms with Gasteiger partial charge in [0.2, 0.25) is 0 Å². The molecule has 0 spiro atoms. The molecule has 0 aromatic heterocycles. The van der Waals surface area contributed by atoms with Crippen molar-refractivity contribution in [2.24, 2.45) is 11.5 Å². The highest BCUT2D eigenvalue weighted by Crippen LogP contribution is 2.27. The molecule has 0 aliphatic carbocycles. The molecular formula is C9H14BrClN2O. The lowest BCUT2D eigenvalue weighted by molar-refractivity contribution is 0.412. The van der Waals surface area contributed by atoms with E-state index in [-0.39, 0.29) is 18.4 Å². The summed E-state index contributed by atoms with van der Waals surface area (Å²) in [5, 5.41) is 0. The molecule has 0 saturated heterocycles. The van der Waals surface area contributed by atoms with Crippen LogP contribution in [-0.2, 0) is 0 Å². The smallest absolute Gasteiger partial charge is 0.133 e. The molecule has 1 rings (SSSR count). The Labute approximate surface area is 98.3 Å². The van der Waals surface area contributed by atoms with Crippen LogP contribution in [-0.4, -0.2) is 13.7 Å². The molecule has 0 aliphatic heterocycles. The zero-order valence-electron chi connectivity index (χ0n) is 7.87. The van der Waals surface area contributed by atoms with Gasteiger partial charge in [-0.3, -0.25) is 0 Å². The van der Waals surface area contributed by atoms with Gasteiger partial charge in [0.25, 0.3) is 0 Å². The van der Waals surface area contributed by atoms with Gasteiger partial charge in [0.1, 0.15) is 5.75 Å². The lowest BCUT2D eigenvalue weighted by atomic mass is 10.1. The highest BCUT2D eigenvalue weighted by atomic mass is 79.9. The van der Waals surface area contributed by atoms with Crippen molar-refractivity contribution in [2.45, 2.75) is 6.04 Å². The monoisotopic (exact) mass is 280 g/mol. The highest BCUT2D eigenvalue weighted by molar-refractivity contribution is 9.10. The van der Waals surface area contributed by atoms with E-state index < -0.39 is 0 Å². The van der Waals surface area contributed by atoms with Crippen LogP contribution in [0.3, 0.4) is 0 Å².